The van der Waals surface area contributed by atoms with E-state index in [-0.39, 0.29) is 12.2 Å². The molecular formula is C14H17FO5. The third-order valence-electron chi connectivity index (χ3n) is 2.56. The molecule has 0 heterocycles. The van der Waals surface area contributed by atoms with Crippen molar-refractivity contribution >= 4 is 11.9 Å². The molecule has 1 atom stereocenters. The Labute approximate surface area is 116 Å². The smallest absolute Gasteiger partial charge is 0.347 e. The normalized spacial score (nSPS) is 11.8. The molecule has 5 nitrogen and oxygen atoms in total. The molecule has 0 amide bonds. The topological polar surface area (TPSA) is 72.8 Å². The second-order valence-corrected chi connectivity index (χ2v) is 4.07. The first-order valence-corrected chi connectivity index (χ1v) is 6.36. The number of hydrogen-bond acceptors (Lipinski definition) is 4. The fourth-order valence-corrected chi connectivity index (χ4v) is 1.66. The van der Waals surface area contributed by atoms with Crippen molar-refractivity contribution in [3.05, 3.63) is 29.6 Å². The molecule has 0 spiro atoms. The van der Waals surface area contributed by atoms with Crippen molar-refractivity contribution in [3.63, 3.8) is 0 Å². The van der Waals surface area contributed by atoms with Crippen molar-refractivity contribution in [2.45, 2.75) is 32.8 Å². The predicted octanol–water partition coefficient (Wildman–Crippen LogP) is 2.63. The maximum atomic E-state index is 13.7. The van der Waals surface area contributed by atoms with Crippen LogP contribution in [0.5, 0.6) is 5.75 Å². The van der Waals surface area contributed by atoms with Crippen molar-refractivity contribution in [2.75, 3.05) is 6.61 Å². The summed E-state index contributed by atoms with van der Waals surface area (Å²) in [5.41, 5.74) is -0.324. The zero-order chi connectivity index (χ0) is 15.1. The number of benzene rings is 1. The second kappa shape index (κ2) is 7.47. The summed E-state index contributed by atoms with van der Waals surface area (Å²) < 4.78 is 23.8. The van der Waals surface area contributed by atoms with Crippen LogP contribution in [0.25, 0.3) is 0 Å². The number of aromatic carboxylic acids is 1. The number of rotatable bonds is 7. The summed E-state index contributed by atoms with van der Waals surface area (Å²) in [6, 6.07) is 3.57. The summed E-state index contributed by atoms with van der Waals surface area (Å²) in [6.07, 6.45) is -0.0954. The molecule has 0 saturated carbocycles. The van der Waals surface area contributed by atoms with E-state index >= 15 is 0 Å². The van der Waals surface area contributed by atoms with Gasteiger partial charge in [-0.05, 0) is 25.5 Å². The Balaban J connectivity index is 3.04. The number of carbonyl (C=O) groups excluding carboxylic acids is 1. The van der Waals surface area contributed by atoms with Gasteiger partial charge in [0.15, 0.2) is 17.7 Å². The summed E-state index contributed by atoms with van der Waals surface area (Å²) in [4.78, 5) is 22.8. The van der Waals surface area contributed by atoms with Gasteiger partial charge in [0.2, 0.25) is 0 Å². The van der Waals surface area contributed by atoms with Gasteiger partial charge in [0, 0.05) is 0 Å². The Morgan fingerprint density at radius 3 is 2.60 bits per heavy atom. The number of para-hydroxylation sites is 1. The maximum absolute atomic E-state index is 13.7. The van der Waals surface area contributed by atoms with Crippen molar-refractivity contribution in [2.24, 2.45) is 0 Å². The molecule has 20 heavy (non-hydrogen) atoms. The van der Waals surface area contributed by atoms with Crippen LogP contribution in [0, 0.1) is 5.82 Å². The van der Waals surface area contributed by atoms with Crippen LogP contribution < -0.4 is 4.74 Å². The van der Waals surface area contributed by atoms with E-state index in [0.29, 0.717) is 12.8 Å². The van der Waals surface area contributed by atoms with Crippen LogP contribution in [-0.4, -0.2) is 29.8 Å². The van der Waals surface area contributed by atoms with Crippen molar-refractivity contribution in [1.82, 2.24) is 0 Å². The predicted molar refractivity (Wildman–Crippen MR) is 69.3 cm³/mol. The molecular weight excluding hydrogens is 267 g/mol. The summed E-state index contributed by atoms with van der Waals surface area (Å²) in [5, 5.41) is 9.01. The molecule has 0 fully saturated rings. The second-order valence-electron chi connectivity index (χ2n) is 4.07. The highest BCUT2D eigenvalue weighted by Crippen LogP contribution is 2.25. The van der Waals surface area contributed by atoms with E-state index in [9.17, 15) is 14.0 Å². The van der Waals surface area contributed by atoms with E-state index in [1.165, 1.54) is 12.1 Å². The molecule has 1 rings (SSSR count). The zero-order valence-electron chi connectivity index (χ0n) is 11.4. The lowest BCUT2D eigenvalue weighted by Gasteiger charge is -2.18. The monoisotopic (exact) mass is 284 g/mol. The van der Waals surface area contributed by atoms with Crippen molar-refractivity contribution in [1.29, 1.82) is 0 Å². The van der Waals surface area contributed by atoms with Crippen LogP contribution in [0.15, 0.2) is 18.2 Å². The maximum Gasteiger partial charge on any atom is 0.347 e. The fraction of sp³-hybridized carbons (Fsp3) is 0.429. The SMILES string of the molecule is CCCC(Oc1c(F)cccc1C(=O)O)C(=O)OCC. The molecule has 1 unspecified atom stereocenters. The number of ether oxygens (including phenoxy) is 2. The highest BCUT2D eigenvalue weighted by molar-refractivity contribution is 5.91. The highest BCUT2D eigenvalue weighted by Gasteiger charge is 2.25. The molecule has 6 heteroatoms. The first kappa shape index (κ1) is 15.9. The average molecular weight is 284 g/mol. The number of carbonyl (C=O) groups is 2. The fourth-order valence-electron chi connectivity index (χ4n) is 1.66. The molecule has 1 aromatic rings. The molecule has 0 bridgehead atoms. The Morgan fingerprint density at radius 2 is 2.05 bits per heavy atom. The molecule has 0 aliphatic rings. The quantitative estimate of drug-likeness (QED) is 0.779. The molecule has 0 aromatic heterocycles. The molecule has 0 radical (unpaired) electrons. The largest absolute Gasteiger partial charge is 0.478 e. The van der Waals surface area contributed by atoms with Gasteiger partial charge in [-0.15, -0.1) is 0 Å². The minimum Gasteiger partial charge on any atom is -0.478 e. The van der Waals surface area contributed by atoms with Crippen molar-refractivity contribution < 1.29 is 28.6 Å². The number of carboxylic acid groups (broad SMARTS) is 1. The van der Waals surface area contributed by atoms with E-state index in [2.05, 4.69) is 0 Å². The summed E-state index contributed by atoms with van der Waals surface area (Å²) >= 11 is 0. The average Bonchev–Trinajstić information content (AvgIpc) is 2.40. The van der Waals surface area contributed by atoms with Gasteiger partial charge in [-0.1, -0.05) is 19.4 Å². The Kier molecular flexibility index (Phi) is 5.96. The van der Waals surface area contributed by atoms with E-state index in [4.69, 9.17) is 14.6 Å². The number of esters is 1. The van der Waals surface area contributed by atoms with Gasteiger partial charge in [-0.25, -0.2) is 14.0 Å². The van der Waals surface area contributed by atoms with E-state index in [1.54, 1.807) is 6.92 Å². The van der Waals surface area contributed by atoms with Crippen LogP contribution in [-0.2, 0) is 9.53 Å². The number of halogens is 1. The third-order valence-corrected chi connectivity index (χ3v) is 2.56. The lowest BCUT2D eigenvalue weighted by Crippen LogP contribution is -2.30. The van der Waals surface area contributed by atoms with Gasteiger partial charge in [-0.3, -0.25) is 0 Å². The van der Waals surface area contributed by atoms with Gasteiger partial charge in [0.1, 0.15) is 5.56 Å². The molecule has 0 aliphatic heterocycles. The van der Waals surface area contributed by atoms with Crippen LogP contribution in [0.1, 0.15) is 37.0 Å². The molecule has 1 aromatic carbocycles. The van der Waals surface area contributed by atoms with Gasteiger partial charge in [0.25, 0.3) is 0 Å². The summed E-state index contributed by atoms with van der Waals surface area (Å²) in [7, 11) is 0. The van der Waals surface area contributed by atoms with E-state index in [1.807, 2.05) is 6.92 Å². The lowest BCUT2D eigenvalue weighted by atomic mass is 10.1. The summed E-state index contributed by atoms with van der Waals surface area (Å²) in [5.74, 6) is -3.21. The van der Waals surface area contributed by atoms with Gasteiger partial charge in [-0.2, -0.15) is 0 Å². The van der Waals surface area contributed by atoms with Gasteiger partial charge >= 0.3 is 11.9 Å². The molecule has 110 valence electrons. The highest BCUT2D eigenvalue weighted by atomic mass is 19.1. The molecule has 0 aliphatic carbocycles. The zero-order valence-corrected chi connectivity index (χ0v) is 11.4. The minimum absolute atomic E-state index is 0.172. The van der Waals surface area contributed by atoms with Gasteiger partial charge < -0.3 is 14.6 Å². The van der Waals surface area contributed by atoms with E-state index in [0.717, 1.165) is 6.07 Å². The third kappa shape index (κ3) is 3.94. The Morgan fingerprint density at radius 1 is 1.35 bits per heavy atom. The Bertz CT molecular complexity index is 486. The Hall–Kier alpha value is -2.11. The first-order valence-electron chi connectivity index (χ1n) is 6.36. The van der Waals surface area contributed by atoms with E-state index < -0.39 is 29.6 Å². The summed E-state index contributed by atoms with van der Waals surface area (Å²) in [6.45, 7) is 3.65. The lowest BCUT2D eigenvalue weighted by molar-refractivity contribution is -0.151. The van der Waals surface area contributed by atoms with Crippen LogP contribution in [0.2, 0.25) is 0 Å². The number of hydrogen-bond donors (Lipinski definition) is 1. The standard InChI is InChI=1S/C14H17FO5/c1-3-6-11(14(18)19-4-2)20-12-9(13(16)17)7-5-8-10(12)15/h5,7-8,11H,3-4,6H2,1-2H3,(H,16,17). The minimum atomic E-state index is -1.32. The number of carboxylic acids is 1. The van der Waals surface area contributed by atoms with Gasteiger partial charge in [0.05, 0.1) is 6.61 Å². The van der Waals surface area contributed by atoms with Crippen LogP contribution >= 0.6 is 0 Å². The molecule has 0 saturated heterocycles. The van der Waals surface area contributed by atoms with Crippen LogP contribution in [0.4, 0.5) is 4.39 Å². The molecule has 1 N–H and O–H groups in total. The van der Waals surface area contributed by atoms with Crippen molar-refractivity contribution in [3.8, 4) is 5.75 Å². The van der Waals surface area contributed by atoms with Crippen LogP contribution in [0.3, 0.4) is 0 Å². The first-order chi connectivity index (χ1) is 9.51.